The van der Waals surface area contributed by atoms with Gasteiger partial charge in [-0.3, -0.25) is 0 Å². The molecule has 0 unspecified atom stereocenters. The molecule has 1 aliphatic rings. The lowest BCUT2D eigenvalue weighted by Crippen LogP contribution is -2.21. The molecule has 2 rings (SSSR count). The summed E-state index contributed by atoms with van der Waals surface area (Å²) in [7, 11) is 0. The highest BCUT2D eigenvalue weighted by Crippen LogP contribution is 2.36. The quantitative estimate of drug-likeness (QED) is 0.726. The first-order valence-corrected chi connectivity index (χ1v) is 5.67. The predicted octanol–water partition coefficient (Wildman–Crippen LogP) is 3.98. The van der Waals surface area contributed by atoms with Gasteiger partial charge in [-0.2, -0.15) is 13.2 Å². The normalized spacial score (nSPS) is 20.5. The second-order valence-corrected chi connectivity index (χ2v) is 4.78. The van der Waals surface area contributed by atoms with E-state index in [0.717, 1.165) is 5.56 Å². The van der Waals surface area contributed by atoms with E-state index in [-0.39, 0.29) is 12.5 Å². The molecule has 0 saturated heterocycles. The third-order valence-corrected chi connectivity index (χ3v) is 3.23. The number of fused-ring (bicyclic) bond motifs is 1. The smallest absolute Gasteiger partial charge is 0.376 e. The summed E-state index contributed by atoms with van der Waals surface area (Å²) in [6, 6.07) is 3.98. The molecule has 1 aliphatic heterocycles. The van der Waals surface area contributed by atoms with Crippen molar-refractivity contribution < 1.29 is 17.9 Å². The van der Waals surface area contributed by atoms with E-state index in [1.54, 1.807) is 6.07 Å². The fourth-order valence-electron chi connectivity index (χ4n) is 2.21. The van der Waals surface area contributed by atoms with Crippen LogP contribution in [0.3, 0.4) is 0 Å². The van der Waals surface area contributed by atoms with Crippen molar-refractivity contribution in [2.24, 2.45) is 5.92 Å². The maximum Gasteiger partial charge on any atom is 0.416 e. The lowest BCUT2D eigenvalue weighted by molar-refractivity contribution is -0.137. The van der Waals surface area contributed by atoms with Gasteiger partial charge in [-0.25, -0.2) is 0 Å². The SMILES string of the molecule is CC(C)[C@@H]1COCc2cc(C(F)(F)F)ccc21. The summed E-state index contributed by atoms with van der Waals surface area (Å²) >= 11 is 0. The molecule has 0 aromatic heterocycles. The molecular weight excluding hydrogens is 229 g/mol. The maximum absolute atomic E-state index is 12.6. The van der Waals surface area contributed by atoms with Crippen LogP contribution in [0.25, 0.3) is 0 Å². The van der Waals surface area contributed by atoms with E-state index in [2.05, 4.69) is 13.8 Å². The number of rotatable bonds is 1. The predicted molar refractivity (Wildman–Crippen MR) is 58.7 cm³/mol. The first kappa shape index (κ1) is 12.4. The number of halogens is 3. The maximum atomic E-state index is 12.6. The molecule has 0 amide bonds. The van der Waals surface area contributed by atoms with Crippen LogP contribution in [0.15, 0.2) is 18.2 Å². The highest BCUT2D eigenvalue weighted by Gasteiger charge is 2.32. The van der Waals surface area contributed by atoms with Crippen LogP contribution in [0.5, 0.6) is 0 Å². The van der Waals surface area contributed by atoms with Gasteiger partial charge in [0.15, 0.2) is 0 Å². The zero-order chi connectivity index (χ0) is 12.6. The Morgan fingerprint density at radius 2 is 2.00 bits per heavy atom. The first-order chi connectivity index (χ1) is 7.89. The Balaban J connectivity index is 2.40. The van der Waals surface area contributed by atoms with E-state index in [9.17, 15) is 13.2 Å². The zero-order valence-corrected chi connectivity index (χ0v) is 9.84. The minimum absolute atomic E-state index is 0.195. The molecule has 0 bridgehead atoms. The Bertz CT molecular complexity index is 410. The highest BCUT2D eigenvalue weighted by molar-refractivity contribution is 5.37. The third kappa shape index (κ3) is 2.46. The molecule has 17 heavy (non-hydrogen) atoms. The van der Waals surface area contributed by atoms with E-state index >= 15 is 0 Å². The summed E-state index contributed by atoms with van der Waals surface area (Å²) in [5.74, 6) is 0.562. The van der Waals surface area contributed by atoms with Gasteiger partial charge in [-0.15, -0.1) is 0 Å². The Labute approximate surface area is 98.6 Å². The molecule has 0 saturated carbocycles. The average Bonchev–Trinajstić information content (AvgIpc) is 2.26. The third-order valence-electron chi connectivity index (χ3n) is 3.23. The van der Waals surface area contributed by atoms with Crippen molar-refractivity contribution in [3.63, 3.8) is 0 Å². The summed E-state index contributed by atoms with van der Waals surface area (Å²) in [5, 5.41) is 0. The fraction of sp³-hybridized carbons (Fsp3) is 0.538. The minimum Gasteiger partial charge on any atom is -0.376 e. The Kier molecular flexibility index (Phi) is 3.17. The van der Waals surface area contributed by atoms with Crippen LogP contribution in [0.2, 0.25) is 0 Å². The second-order valence-electron chi connectivity index (χ2n) is 4.78. The molecule has 94 valence electrons. The molecular formula is C13H15F3O. The van der Waals surface area contributed by atoms with E-state index in [0.29, 0.717) is 18.1 Å². The summed E-state index contributed by atoms with van der Waals surface area (Å²) in [4.78, 5) is 0. The van der Waals surface area contributed by atoms with Gasteiger partial charge in [-0.1, -0.05) is 19.9 Å². The standard InChI is InChI=1S/C13H15F3O/c1-8(2)12-7-17-6-9-5-10(13(14,15)16)3-4-11(9)12/h3-5,8,12H,6-7H2,1-2H3/t12-/m0/s1. The molecule has 0 aliphatic carbocycles. The second kappa shape index (κ2) is 4.33. The molecule has 1 atom stereocenters. The Morgan fingerprint density at radius 1 is 1.29 bits per heavy atom. The van der Waals surface area contributed by atoms with Crippen LogP contribution >= 0.6 is 0 Å². The van der Waals surface area contributed by atoms with Crippen molar-refractivity contribution in [3.05, 3.63) is 34.9 Å². The molecule has 1 nitrogen and oxygen atoms in total. The summed E-state index contributed by atoms with van der Waals surface area (Å²) < 4.78 is 43.1. The number of hydrogen-bond acceptors (Lipinski definition) is 1. The van der Waals surface area contributed by atoms with E-state index in [4.69, 9.17) is 4.74 Å². The monoisotopic (exact) mass is 244 g/mol. The molecule has 0 spiro atoms. The average molecular weight is 244 g/mol. The molecule has 1 heterocycles. The van der Waals surface area contributed by atoms with Gasteiger partial charge in [0.1, 0.15) is 0 Å². The number of benzene rings is 1. The zero-order valence-electron chi connectivity index (χ0n) is 9.84. The van der Waals surface area contributed by atoms with Crippen LogP contribution in [0.1, 0.15) is 36.5 Å². The summed E-state index contributed by atoms with van der Waals surface area (Å²) in [5.41, 5.74) is 1.08. The molecule has 0 fully saturated rings. The van der Waals surface area contributed by atoms with Crippen molar-refractivity contribution in [1.82, 2.24) is 0 Å². The molecule has 0 N–H and O–H groups in total. The van der Waals surface area contributed by atoms with E-state index < -0.39 is 11.7 Å². The van der Waals surface area contributed by atoms with E-state index in [1.807, 2.05) is 0 Å². The minimum atomic E-state index is -4.28. The molecule has 1 aromatic rings. The van der Waals surface area contributed by atoms with Gasteiger partial charge in [0.05, 0.1) is 18.8 Å². The number of ether oxygens (including phenoxy) is 1. The topological polar surface area (TPSA) is 9.23 Å². The van der Waals surface area contributed by atoms with Gasteiger partial charge in [0.25, 0.3) is 0 Å². The van der Waals surface area contributed by atoms with Crippen LogP contribution < -0.4 is 0 Å². The Hall–Kier alpha value is -1.03. The number of hydrogen-bond donors (Lipinski definition) is 0. The van der Waals surface area contributed by atoms with Crippen LogP contribution in [0, 0.1) is 5.92 Å². The van der Waals surface area contributed by atoms with Crippen LogP contribution in [-0.2, 0) is 17.5 Å². The first-order valence-electron chi connectivity index (χ1n) is 5.67. The van der Waals surface area contributed by atoms with Crippen LogP contribution in [0.4, 0.5) is 13.2 Å². The van der Waals surface area contributed by atoms with Crippen molar-refractivity contribution in [3.8, 4) is 0 Å². The van der Waals surface area contributed by atoms with Gasteiger partial charge in [0.2, 0.25) is 0 Å². The molecule has 1 aromatic carbocycles. The lowest BCUT2D eigenvalue weighted by atomic mass is 9.84. The molecule has 4 heteroatoms. The van der Waals surface area contributed by atoms with Gasteiger partial charge < -0.3 is 4.74 Å². The fourth-order valence-corrected chi connectivity index (χ4v) is 2.21. The van der Waals surface area contributed by atoms with Crippen molar-refractivity contribution in [1.29, 1.82) is 0 Å². The van der Waals surface area contributed by atoms with Gasteiger partial charge in [0, 0.05) is 5.92 Å². The van der Waals surface area contributed by atoms with Gasteiger partial charge >= 0.3 is 6.18 Å². The van der Waals surface area contributed by atoms with E-state index in [1.165, 1.54) is 12.1 Å². The molecule has 0 radical (unpaired) electrons. The lowest BCUT2D eigenvalue weighted by Gasteiger charge is -2.29. The summed E-state index contributed by atoms with van der Waals surface area (Å²) in [6.45, 7) is 4.99. The summed E-state index contributed by atoms with van der Waals surface area (Å²) in [6.07, 6.45) is -4.28. The number of alkyl halides is 3. The largest absolute Gasteiger partial charge is 0.416 e. The van der Waals surface area contributed by atoms with Gasteiger partial charge in [-0.05, 0) is 29.2 Å². The Morgan fingerprint density at radius 3 is 2.59 bits per heavy atom. The van der Waals surface area contributed by atoms with Crippen molar-refractivity contribution >= 4 is 0 Å². The van der Waals surface area contributed by atoms with Crippen LogP contribution in [-0.4, -0.2) is 6.61 Å². The van der Waals surface area contributed by atoms with Crippen molar-refractivity contribution in [2.45, 2.75) is 32.5 Å². The highest BCUT2D eigenvalue weighted by atomic mass is 19.4. The van der Waals surface area contributed by atoms with Crippen molar-refractivity contribution in [2.75, 3.05) is 6.61 Å².